The first-order valence-corrected chi connectivity index (χ1v) is 12.7. The SMILES string of the molecule is COc1cc(/C=C2\SC(=S)N(c3ccc([N+](=O)[O-])cc3)C2=O)cc(I)c1OCc1ccccc1Cl. The first kappa shape index (κ1) is 25.4. The Labute approximate surface area is 229 Å². The number of non-ortho nitro benzene ring substituents is 1. The number of halogens is 2. The van der Waals surface area contributed by atoms with E-state index in [1.807, 2.05) is 24.3 Å². The molecule has 0 aliphatic carbocycles. The molecule has 0 atom stereocenters. The molecule has 0 N–H and O–H groups in total. The predicted molar refractivity (Wildman–Crippen MR) is 150 cm³/mol. The maximum atomic E-state index is 13.1. The van der Waals surface area contributed by atoms with Crippen LogP contribution in [0.3, 0.4) is 0 Å². The fourth-order valence-corrected chi connectivity index (χ4v) is 5.56. The summed E-state index contributed by atoms with van der Waals surface area (Å²) in [5, 5.41) is 11.5. The number of thiocarbonyl (C=S) groups is 1. The monoisotopic (exact) mass is 638 g/mol. The predicted octanol–water partition coefficient (Wildman–Crippen LogP) is 6.85. The Morgan fingerprint density at radius 1 is 1.20 bits per heavy atom. The number of nitro benzene ring substituents is 1. The van der Waals surface area contributed by atoms with Gasteiger partial charge in [0.2, 0.25) is 0 Å². The van der Waals surface area contributed by atoms with Gasteiger partial charge in [-0.2, -0.15) is 0 Å². The second kappa shape index (κ2) is 10.9. The van der Waals surface area contributed by atoms with Crippen LogP contribution in [0.4, 0.5) is 11.4 Å². The van der Waals surface area contributed by atoms with Crippen molar-refractivity contribution in [2.24, 2.45) is 0 Å². The van der Waals surface area contributed by atoms with E-state index in [-0.39, 0.29) is 18.2 Å². The third-order valence-electron chi connectivity index (χ3n) is 4.99. The average molecular weight is 639 g/mol. The van der Waals surface area contributed by atoms with Crippen LogP contribution in [-0.4, -0.2) is 22.3 Å². The van der Waals surface area contributed by atoms with Gasteiger partial charge in [-0.05, 0) is 64.6 Å². The number of thioether (sulfide) groups is 1. The number of ether oxygens (including phenoxy) is 2. The fraction of sp³-hybridized carbons (Fsp3) is 0.0833. The van der Waals surface area contributed by atoms with Crippen LogP contribution in [0.15, 0.2) is 65.6 Å². The van der Waals surface area contributed by atoms with Gasteiger partial charge in [-0.15, -0.1) is 0 Å². The Morgan fingerprint density at radius 2 is 1.91 bits per heavy atom. The van der Waals surface area contributed by atoms with E-state index < -0.39 is 4.92 Å². The Hall–Kier alpha value is -2.67. The molecular formula is C24H16ClIN2O5S2. The minimum Gasteiger partial charge on any atom is -0.493 e. The molecule has 1 amide bonds. The van der Waals surface area contributed by atoms with E-state index in [9.17, 15) is 14.9 Å². The van der Waals surface area contributed by atoms with E-state index in [0.717, 1.165) is 26.5 Å². The van der Waals surface area contributed by atoms with Crippen LogP contribution in [0.25, 0.3) is 6.08 Å². The number of anilines is 1. The van der Waals surface area contributed by atoms with Gasteiger partial charge < -0.3 is 9.47 Å². The summed E-state index contributed by atoms with van der Waals surface area (Å²) in [5.74, 6) is 0.784. The quantitative estimate of drug-likeness (QED) is 0.0921. The summed E-state index contributed by atoms with van der Waals surface area (Å²) in [4.78, 5) is 25.3. The molecule has 0 saturated carbocycles. The van der Waals surface area contributed by atoms with E-state index in [0.29, 0.717) is 31.4 Å². The van der Waals surface area contributed by atoms with Crippen molar-refractivity contribution < 1.29 is 19.2 Å². The average Bonchev–Trinajstić information content (AvgIpc) is 3.11. The minimum absolute atomic E-state index is 0.0618. The second-order valence-corrected chi connectivity index (χ2v) is 10.4. The van der Waals surface area contributed by atoms with Crippen molar-refractivity contribution in [3.8, 4) is 11.5 Å². The third kappa shape index (κ3) is 5.61. The number of hydrogen-bond donors (Lipinski definition) is 0. The number of methoxy groups -OCH3 is 1. The molecule has 7 nitrogen and oxygen atoms in total. The Bertz CT molecular complexity index is 1360. The van der Waals surface area contributed by atoms with Crippen LogP contribution in [0.2, 0.25) is 5.02 Å². The van der Waals surface area contributed by atoms with E-state index in [1.54, 1.807) is 25.3 Å². The summed E-state index contributed by atoms with van der Waals surface area (Å²) >= 11 is 14.9. The van der Waals surface area contributed by atoms with Crippen molar-refractivity contribution in [3.05, 3.63) is 95.4 Å². The molecule has 0 aromatic heterocycles. The van der Waals surface area contributed by atoms with Gasteiger partial charge in [-0.25, -0.2) is 0 Å². The van der Waals surface area contributed by atoms with Crippen molar-refractivity contribution in [3.63, 3.8) is 0 Å². The lowest BCUT2D eigenvalue weighted by Gasteiger charge is -2.15. The fourth-order valence-electron chi connectivity index (χ4n) is 3.29. The van der Waals surface area contributed by atoms with Crippen LogP contribution in [-0.2, 0) is 11.4 Å². The zero-order valence-corrected chi connectivity index (χ0v) is 22.6. The zero-order chi connectivity index (χ0) is 25.1. The Morgan fingerprint density at radius 3 is 2.57 bits per heavy atom. The molecule has 1 fully saturated rings. The van der Waals surface area contributed by atoms with Crippen LogP contribution in [0.1, 0.15) is 11.1 Å². The summed E-state index contributed by atoms with van der Waals surface area (Å²) in [5.41, 5.74) is 2.00. The molecule has 3 aromatic carbocycles. The number of carbonyl (C=O) groups excluding carboxylic acids is 1. The van der Waals surface area contributed by atoms with Crippen molar-refractivity contribution in [2.45, 2.75) is 6.61 Å². The van der Waals surface area contributed by atoms with E-state index >= 15 is 0 Å². The van der Waals surface area contributed by atoms with E-state index in [4.69, 9.17) is 33.3 Å². The molecular weight excluding hydrogens is 623 g/mol. The number of nitro groups is 1. The maximum Gasteiger partial charge on any atom is 0.270 e. The molecule has 0 spiro atoms. The van der Waals surface area contributed by atoms with Crippen LogP contribution in [0, 0.1) is 13.7 Å². The lowest BCUT2D eigenvalue weighted by Crippen LogP contribution is -2.27. The summed E-state index contributed by atoms with van der Waals surface area (Å²) < 4.78 is 12.7. The highest BCUT2D eigenvalue weighted by Gasteiger charge is 2.33. The number of rotatable bonds is 7. The molecule has 0 unspecified atom stereocenters. The molecule has 4 rings (SSSR count). The summed E-state index contributed by atoms with van der Waals surface area (Å²) in [7, 11) is 1.55. The molecule has 1 aliphatic heterocycles. The number of amides is 1. The third-order valence-corrected chi connectivity index (χ3v) is 7.46. The Balaban J connectivity index is 1.57. The van der Waals surface area contributed by atoms with E-state index in [2.05, 4.69) is 22.6 Å². The van der Waals surface area contributed by atoms with Gasteiger partial charge in [-0.3, -0.25) is 19.8 Å². The molecule has 0 radical (unpaired) electrons. The zero-order valence-electron chi connectivity index (χ0n) is 18.1. The van der Waals surface area contributed by atoms with Crippen LogP contribution >= 0.6 is 58.2 Å². The standard InChI is InChI=1S/C24H16ClIN2O5S2/c1-32-20-11-14(10-19(26)22(20)33-13-15-4-2-3-5-18(15)25)12-21-23(29)27(24(34)35-21)16-6-8-17(9-7-16)28(30)31/h2-12H,13H2,1H3/b21-12-. The molecule has 0 bridgehead atoms. The highest BCUT2D eigenvalue weighted by molar-refractivity contribution is 14.1. The van der Waals surface area contributed by atoms with Crippen molar-refractivity contribution in [1.29, 1.82) is 0 Å². The summed E-state index contributed by atoms with van der Waals surface area (Å²) in [6, 6.07) is 16.8. The molecule has 35 heavy (non-hydrogen) atoms. The lowest BCUT2D eigenvalue weighted by molar-refractivity contribution is -0.384. The first-order chi connectivity index (χ1) is 16.8. The first-order valence-electron chi connectivity index (χ1n) is 10.0. The molecule has 11 heteroatoms. The molecule has 1 heterocycles. The van der Waals surface area contributed by atoms with Gasteiger partial charge in [0.15, 0.2) is 15.8 Å². The summed E-state index contributed by atoms with van der Waals surface area (Å²) in [6.45, 7) is 0.277. The largest absolute Gasteiger partial charge is 0.493 e. The van der Waals surface area contributed by atoms with Crippen molar-refractivity contribution >= 4 is 85.9 Å². The smallest absolute Gasteiger partial charge is 0.270 e. The van der Waals surface area contributed by atoms with Gasteiger partial charge in [0.25, 0.3) is 11.6 Å². The normalized spacial score (nSPS) is 14.5. The second-order valence-electron chi connectivity index (χ2n) is 7.20. The number of nitrogens with zero attached hydrogens (tertiary/aromatic N) is 2. The summed E-state index contributed by atoms with van der Waals surface area (Å²) in [6.07, 6.45) is 1.73. The van der Waals surface area contributed by atoms with Gasteiger partial charge in [0, 0.05) is 22.7 Å². The highest BCUT2D eigenvalue weighted by Crippen LogP contribution is 2.39. The van der Waals surface area contributed by atoms with Crippen molar-refractivity contribution in [1.82, 2.24) is 0 Å². The highest BCUT2D eigenvalue weighted by atomic mass is 127. The number of carbonyl (C=O) groups is 1. The topological polar surface area (TPSA) is 81.9 Å². The minimum atomic E-state index is -0.495. The number of hydrogen-bond acceptors (Lipinski definition) is 7. The van der Waals surface area contributed by atoms with Gasteiger partial charge in [-0.1, -0.05) is 53.8 Å². The molecule has 3 aromatic rings. The number of benzene rings is 3. The van der Waals surface area contributed by atoms with Gasteiger partial charge in [0.1, 0.15) is 6.61 Å². The van der Waals surface area contributed by atoms with E-state index in [1.165, 1.54) is 29.2 Å². The molecule has 1 saturated heterocycles. The van der Waals surface area contributed by atoms with Gasteiger partial charge >= 0.3 is 0 Å². The Kier molecular flexibility index (Phi) is 7.95. The van der Waals surface area contributed by atoms with Gasteiger partial charge in [0.05, 0.1) is 26.2 Å². The molecule has 1 aliphatic rings. The van der Waals surface area contributed by atoms with Crippen LogP contribution in [0.5, 0.6) is 11.5 Å². The lowest BCUT2D eigenvalue weighted by atomic mass is 10.1. The van der Waals surface area contributed by atoms with Crippen LogP contribution < -0.4 is 14.4 Å². The van der Waals surface area contributed by atoms with Crippen molar-refractivity contribution in [2.75, 3.05) is 12.0 Å². The maximum absolute atomic E-state index is 13.1. The molecule has 178 valence electrons.